The van der Waals surface area contributed by atoms with Crippen LogP contribution in [0.2, 0.25) is 0 Å². The maximum absolute atomic E-state index is 4.25. The first kappa shape index (κ1) is 7.03. The fourth-order valence-corrected chi connectivity index (χ4v) is 1.02. The summed E-state index contributed by atoms with van der Waals surface area (Å²) in [6.07, 6.45) is 5.25. The summed E-state index contributed by atoms with van der Waals surface area (Å²) in [5.74, 6) is 0. The lowest BCUT2D eigenvalue weighted by Crippen LogP contribution is -1.82. The standard InChI is InChI=1S/C9H9N3/c1-7-2-3-8(11-4-7)9-5-10-6-12-9/h2-6H,1H3,(H,10,12). The van der Waals surface area contributed by atoms with Gasteiger partial charge in [0.15, 0.2) is 0 Å². The van der Waals surface area contributed by atoms with E-state index >= 15 is 0 Å². The van der Waals surface area contributed by atoms with Crippen molar-refractivity contribution >= 4 is 0 Å². The summed E-state index contributed by atoms with van der Waals surface area (Å²) in [5, 5.41) is 0. The Morgan fingerprint density at radius 1 is 1.25 bits per heavy atom. The minimum atomic E-state index is 0.929. The Morgan fingerprint density at radius 3 is 2.75 bits per heavy atom. The third-order valence-electron chi connectivity index (χ3n) is 1.69. The van der Waals surface area contributed by atoms with Crippen molar-refractivity contribution in [1.82, 2.24) is 15.0 Å². The maximum atomic E-state index is 4.25. The first-order valence-electron chi connectivity index (χ1n) is 3.77. The van der Waals surface area contributed by atoms with Gasteiger partial charge in [0.25, 0.3) is 0 Å². The first-order chi connectivity index (χ1) is 5.86. The molecule has 0 saturated carbocycles. The molecule has 3 nitrogen and oxygen atoms in total. The van der Waals surface area contributed by atoms with Crippen molar-refractivity contribution in [3.63, 3.8) is 0 Å². The Morgan fingerprint density at radius 2 is 2.17 bits per heavy atom. The van der Waals surface area contributed by atoms with Crippen LogP contribution in [0.25, 0.3) is 11.4 Å². The van der Waals surface area contributed by atoms with Crippen LogP contribution in [0.15, 0.2) is 30.9 Å². The number of pyridine rings is 1. The number of imidazole rings is 1. The molecule has 0 aliphatic rings. The number of hydrogen-bond donors (Lipinski definition) is 1. The van der Waals surface area contributed by atoms with Crippen LogP contribution >= 0.6 is 0 Å². The highest BCUT2D eigenvalue weighted by Gasteiger charge is 1.97. The summed E-state index contributed by atoms with van der Waals surface area (Å²) in [4.78, 5) is 11.2. The third-order valence-corrected chi connectivity index (χ3v) is 1.69. The molecule has 0 saturated heterocycles. The van der Waals surface area contributed by atoms with Crippen LogP contribution in [0.5, 0.6) is 0 Å². The van der Waals surface area contributed by atoms with Crippen molar-refractivity contribution in [3.05, 3.63) is 36.4 Å². The molecular weight excluding hydrogens is 150 g/mol. The average Bonchev–Trinajstić information content (AvgIpc) is 2.58. The summed E-state index contributed by atoms with van der Waals surface area (Å²) in [6, 6.07) is 4.01. The molecule has 0 atom stereocenters. The normalized spacial score (nSPS) is 10.1. The van der Waals surface area contributed by atoms with Crippen LogP contribution in [0.3, 0.4) is 0 Å². The Labute approximate surface area is 70.5 Å². The van der Waals surface area contributed by atoms with E-state index in [-0.39, 0.29) is 0 Å². The lowest BCUT2D eigenvalue weighted by atomic mass is 10.2. The molecule has 2 rings (SSSR count). The number of H-pyrrole nitrogens is 1. The molecule has 60 valence electrons. The number of nitrogens with zero attached hydrogens (tertiary/aromatic N) is 2. The summed E-state index contributed by atoms with van der Waals surface area (Å²) in [6.45, 7) is 2.02. The Kier molecular flexibility index (Phi) is 1.63. The van der Waals surface area contributed by atoms with E-state index in [2.05, 4.69) is 15.0 Å². The molecule has 3 heteroatoms. The van der Waals surface area contributed by atoms with Crippen molar-refractivity contribution in [3.8, 4) is 11.4 Å². The number of aromatic nitrogens is 3. The smallest absolute Gasteiger partial charge is 0.0924 e. The van der Waals surface area contributed by atoms with Gasteiger partial charge in [-0.05, 0) is 18.6 Å². The van der Waals surface area contributed by atoms with Crippen molar-refractivity contribution in [2.75, 3.05) is 0 Å². The average molecular weight is 159 g/mol. The fraction of sp³-hybridized carbons (Fsp3) is 0.111. The van der Waals surface area contributed by atoms with Gasteiger partial charge in [-0.1, -0.05) is 6.07 Å². The van der Waals surface area contributed by atoms with Gasteiger partial charge < -0.3 is 4.98 Å². The SMILES string of the molecule is Cc1ccc(-c2cnc[nH]2)nc1. The summed E-state index contributed by atoms with van der Waals surface area (Å²) in [5.41, 5.74) is 3.05. The molecule has 1 N–H and O–H groups in total. The molecule has 0 aliphatic carbocycles. The topological polar surface area (TPSA) is 41.6 Å². The molecule has 0 spiro atoms. The molecule has 0 radical (unpaired) electrons. The molecule has 0 bridgehead atoms. The highest BCUT2D eigenvalue weighted by molar-refractivity contribution is 5.52. The van der Waals surface area contributed by atoms with Gasteiger partial charge in [0.05, 0.1) is 23.9 Å². The molecule has 2 aromatic rings. The zero-order valence-corrected chi connectivity index (χ0v) is 6.78. The Bertz CT molecular complexity index is 348. The van der Waals surface area contributed by atoms with Crippen LogP contribution in [0, 0.1) is 6.92 Å². The van der Waals surface area contributed by atoms with Gasteiger partial charge in [-0.15, -0.1) is 0 Å². The second-order valence-corrected chi connectivity index (χ2v) is 2.69. The van der Waals surface area contributed by atoms with E-state index < -0.39 is 0 Å². The van der Waals surface area contributed by atoms with E-state index in [0.717, 1.165) is 11.4 Å². The van der Waals surface area contributed by atoms with E-state index in [4.69, 9.17) is 0 Å². The van der Waals surface area contributed by atoms with Gasteiger partial charge in [0, 0.05) is 6.20 Å². The molecule has 0 fully saturated rings. The molecule has 0 unspecified atom stereocenters. The predicted molar refractivity (Wildman–Crippen MR) is 46.6 cm³/mol. The molecule has 12 heavy (non-hydrogen) atoms. The maximum Gasteiger partial charge on any atom is 0.0924 e. The predicted octanol–water partition coefficient (Wildman–Crippen LogP) is 1.78. The van der Waals surface area contributed by atoms with Crippen molar-refractivity contribution in [2.24, 2.45) is 0 Å². The first-order valence-corrected chi connectivity index (χ1v) is 3.77. The van der Waals surface area contributed by atoms with E-state index in [9.17, 15) is 0 Å². The van der Waals surface area contributed by atoms with E-state index in [1.54, 1.807) is 12.5 Å². The molecule has 0 aliphatic heterocycles. The molecule has 2 heterocycles. The van der Waals surface area contributed by atoms with Crippen molar-refractivity contribution in [1.29, 1.82) is 0 Å². The van der Waals surface area contributed by atoms with Crippen LogP contribution in [0.1, 0.15) is 5.56 Å². The number of hydrogen-bond acceptors (Lipinski definition) is 2. The van der Waals surface area contributed by atoms with E-state index in [1.165, 1.54) is 5.56 Å². The molecular formula is C9H9N3. The van der Waals surface area contributed by atoms with Crippen molar-refractivity contribution < 1.29 is 0 Å². The quantitative estimate of drug-likeness (QED) is 0.689. The van der Waals surface area contributed by atoms with Crippen molar-refractivity contribution in [2.45, 2.75) is 6.92 Å². The van der Waals surface area contributed by atoms with E-state index in [0.29, 0.717) is 0 Å². The second-order valence-electron chi connectivity index (χ2n) is 2.69. The molecule has 0 amide bonds. The van der Waals surface area contributed by atoms with E-state index in [1.807, 2.05) is 25.3 Å². The number of nitrogens with one attached hydrogen (secondary N) is 1. The lowest BCUT2D eigenvalue weighted by molar-refractivity contribution is 1.24. The van der Waals surface area contributed by atoms with Gasteiger partial charge in [0.1, 0.15) is 0 Å². The minimum absolute atomic E-state index is 0.929. The zero-order valence-electron chi connectivity index (χ0n) is 6.78. The second kappa shape index (κ2) is 2.77. The zero-order chi connectivity index (χ0) is 8.39. The van der Waals surface area contributed by atoms with Crippen LogP contribution in [-0.2, 0) is 0 Å². The highest BCUT2D eigenvalue weighted by Crippen LogP contribution is 2.11. The summed E-state index contributed by atoms with van der Waals surface area (Å²) < 4.78 is 0. The van der Waals surface area contributed by atoms with Gasteiger partial charge in [-0.25, -0.2) is 4.98 Å². The van der Waals surface area contributed by atoms with Crippen LogP contribution < -0.4 is 0 Å². The number of aryl methyl sites for hydroxylation is 1. The molecule has 0 aromatic carbocycles. The van der Waals surface area contributed by atoms with Gasteiger partial charge in [0.2, 0.25) is 0 Å². The minimum Gasteiger partial charge on any atom is -0.343 e. The van der Waals surface area contributed by atoms with Crippen LogP contribution in [0.4, 0.5) is 0 Å². The number of rotatable bonds is 1. The number of aromatic amines is 1. The highest BCUT2D eigenvalue weighted by atomic mass is 14.9. The Balaban J connectivity index is 2.43. The van der Waals surface area contributed by atoms with Crippen LogP contribution in [-0.4, -0.2) is 15.0 Å². The third kappa shape index (κ3) is 1.21. The summed E-state index contributed by atoms with van der Waals surface area (Å²) >= 11 is 0. The largest absolute Gasteiger partial charge is 0.343 e. The van der Waals surface area contributed by atoms with Gasteiger partial charge >= 0.3 is 0 Å². The summed E-state index contributed by atoms with van der Waals surface area (Å²) in [7, 11) is 0. The lowest BCUT2D eigenvalue weighted by Gasteiger charge is -1.95. The Hall–Kier alpha value is -1.64. The monoisotopic (exact) mass is 159 g/mol. The van der Waals surface area contributed by atoms with Gasteiger partial charge in [-0.2, -0.15) is 0 Å². The fourth-order valence-electron chi connectivity index (χ4n) is 1.02. The molecule has 2 aromatic heterocycles. The van der Waals surface area contributed by atoms with Gasteiger partial charge in [-0.3, -0.25) is 4.98 Å².